The van der Waals surface area contributed by atoms with Crippen molar-refractivity contribution in [1.29, 1.82) is 0 Å². The van der Waals surface area contributed by atoms with E-state index in [1.807, 2.05) is 19.1 Å². The number of aryl methyl sites for hydroxylation is 1. The molecule has 0 fully saturated rings. The molecule has 8 heteroatoms. The molecule has 2 aromatic carbocycles. The average Bonchev–Trinajstić information content (AvgIpc) is 3.03. The Morgan fingerprint density at radius 1 is 1.15 bits per heavy atom. The molecule has 4 aromatic rings. The van der Waals surface area contributed by atoms with Gasteiger partial charge in [-0.1, -0.05) is 17.3 Å². The normalized spacial score (nSPS) is 11.8. The number of nitrogens with one attached hydrogen (secondary N) is 1. The van der Waals surface area contributed by atoms with E-state index >= 15 is 0 Å². The maximum absolute atomic E-state index is 13.0. The van der Waals surface area contributed by atoms with E-state index in [4.69, 9.17) is 9.26 Å². The van der Waals surface area contributed by atoms with E-state index in [0.717, 1.165) is 10.9 Å². The Bertz CT molecular complexity index is 1230. The summed E-state index contributed by atoms with van der Waals surface area (Å²) in [5.74, 6) is 0.539. The summed E-state index contributed by atoms with van der Waals surface area (Å²) < 4.78 is 39.1. The molecule has 0 saturated heterocycles. The van der Waals surface area contributed by atoms with Crippen molar-refractivity contribution in [3.05, 3.63) is 54.2 Å². The number of rotatable bonds is 4. The van der Waals surface area contributed by atoms with Crippen molar-refractivity contribution >= 4 is 37.7 Å². The number of sulfonamides is 1. The molecule has 4 rings (SSSR count). The van der Waals surface area contributed by atoms with Crippen LogP contribution < -0.4 is 9.46 Å². The lowest BCUT2D eigenvalue weighted by molar-refractivity contribution is 0.419. The van der Waals surface area contributed by atoms with Crippen molar-refractivity contribution in [2.45, 2.75) is 11.8 Å². The van der Waals surface area contributed by atoms with Gasteiger partial charge in [-0.3, -0.25) is 9.71 Å². The fourth-order valence-corrected chi connectivity index (χ4v) is 4.16. The third kappa shape index (κ3) is 2.64. The molecule has 0 amide bonds. The highest BCUT2D eigenvalue weighted by Gasteiger charge is 2.23. The van der Waals surface area contributed by atoms with Gasteiger partial charge in [0, 0.05) is 11.6 Å². The zero-order valence-corrected chi connectivity index (χ0v) is 14.9. The molecule has 2 aromatic heterocycles. The minimum Gasteiger partial charge on any atom is -0.496 e. The van der Waals surface area contributed by atoms with E-state index in [-0.39, 0.29) is 10.7 Å². The van der Waals surface area contributed by atoms with Crippen molar-refractivity contribution in [3.63, 3.8) is 0 Å². The first kappa shape index (κ1) is 16.3. The van der Waals surface area contributed by atoms with Crippen LogP contribution in [0.1, 0.15) is 5.56 Å². The first-order valence-electron chi connectivity index (χ1n) is 7.80. The Labute approximate surface area is 149 Å². The SMILES string of the molecule is COc1cccc2onc(NS(=O)(=O)c3cc(C)cc4cccnc34)c12. The lowest BCUT2D eigenvalue weighted by Gasteiger charge is -2.10. The highest BCUT2D eigenvalue weighted by molar-refractivity contribution is 7.93. The van der Waals surface area contributed by atoms with Crippen molar-refractivity contribution in [2.75, 3.05) is 11.8 Å². The lowest BCUT2D eigenvalue weighted by Crippen LogP contribution is -2.14. The van der Waals surface area contributed by atoms with Gasteiger partial charge in [0.05, 0.1) is 12.6 Å². The molecule has 0 unspecified atom stereocenters. The van der Waals surface area contributed by atoms with Gasteiger partial charge in [0.25, 0.3) is 10.0 Å². The fraction of sp³-hybridized carbons (Fsp3) is 0.111. The molecular formula is C18H15N3O4S. The van der Waals surface area contributed by atoms with Gasteiger partial charge in [-0.2, -0.15) is 0 Å². The summed E-state index contributed by atoms with van der Waals surface area (Å²) in [5.41, 5.74) is 1.63. The zero-order valence-electron chi connectivity index (χ0n) is 14.1. The first-order chi connectivity index (χ1) is 12.5. The predicted molar refractivity (Wildman–Crippen MR) is 97.8 cm³/mol. The number of pyridine rings is 1. The van der Waals surface area contributed by atoms with Crippen LogP contribution in [0, 0.1) is 6.92 Å². The third-order valence-electron chi connectivity index (χ3n) is 4.01. The Balaban J connectivity index is 1.87. The maximum atomic E-state index is 13.0. The number of hydrogen-bond donors (Lipinski definition) is 1. The van der Waals surface area contributed by atoms with E-state index in [1.165, 1.54) is 7.11 Å². The number of methoxy groups -OCH3 is 1. The zero-order chi connectivity index (χ0) is 18.3. The second kappa shape index (κ2) is 5.99. The number of anilines is 1. The van der Waals surface area contributed by atoms with Gasteiger partial charge in [-0.05, 0) is 42.8 Å². The van der Waals surface area contributed by atoms with Crippen LogP contribution in [-0.2, 0) is 10.0 Å². The van der Waals surface area contributed by atoms with E-state index in [2.05, 4.69) is 14.9 Å². The van der Waals surface area contributed by atoms with Crippen LogP contribution in [0.2, 0.25) is 0 Å². The average molecular weight is 369 g/mol. The second-order valence-electron chi connectivity index (χ2n) is 5.81. The molecule has 7 nitrogen and oxygen atoms in total. The van der Waals surface area contributed by atoms with Crippen LogP contribution >= 0.6 is 0 Å². The largest absolute Gasteiger partial charge is 0.496 e. The van der Waals surface area contributed by atoms with Crippen molar-refractivity contribution in [1.82, 2.24) is 10.1 Å². The van der Waals surface area contributed by atoms with E-state index in [0.29, 0.717) is 22.2 Å². The molecule has 0 spiro atoms. The molecule has 2 heterocycles. The van der Waals surface area contributed by atoms with Gasteiger partial charge < -0.3 is 9.26 Å². The van der Waals surface area contributed by atoms with Crippen LogP contribution in [0.15, 0.2) is 58.1 Å². The molecule has 0 aliphatic rings. The van der Waals surface area contributed by atoms with Gasteiger partial charge in [-0.25, -0.2) is 8.42 Å². The molecule has 26 heavy (non-hydrogen) atoms. The summed E-state index contributed by atoms with van der Waals surface area (Å²) >= 11 is 0. The Morgan fingerprint density at radius 3 is 2.81 bits per heavy atom. The number of aromatic nitrogens is 2. The molecule has 1 N–H and O–H groups in total. The fourth-order valence-electron chi connectivity index (χ4n) is 2.89. The quantitative estimate of drug-likeness (QED) is 0.592. The van der Waals surface area contributed by atoms with Gasteiger partial charge in [0.2, 0.25) is 0 Å². The van der Waals surface area contributed by atoms with Crippen LogP contribution in [0.25, 0.3) is 21.9 Å². The van der Waals surface area contributed by atoms with E-state index in [9.17, 15) is 8.42 Å². The van der Waals surface area contributed by atoms with Crippen molar-refractivity contribution in [3.8, 4) is 5.75 Å². The summed E-state index contributed by atoms with van der Waals surface area (Å²) in [7, 11) is -2.44. The highest BCUT2D eigenvalue weighted by Crippen LogP contribution is 2.33. The summed E-state index contributed by atoms with van der Waals surface area (Å²) in [6.45, 7) is 1.83. The molecular weight excluding hydrogens is 354 g/mol. The van der Waals surface area contributed by atoms with Crippen molar-refractivity contribution in [2.24, 2.45) is 0 Å². The monoisotopic (exact) mass is 369 g/mol. The van der Waals surface area contributed by atoms with Gasteiger partial charge >= 0.3 is 0 Å². The van der Waals surface area contributed by atoms with E-state index < -0.39 is 10.0 Å². The second-order valence-corrected chi connectivity index (χ2v) is 7.46. The third-order valence-corrected chi connectivity index (χ3v) is 5.37. The van der Waals surface area contributed by atoms with Gasteiger partial charge in [0.1, 0.15) is 16.0 Å². The maximum Gasteiger partial charge on any atom is 0.265 e. The smallest absolute Gasteiger partial charge is 0.265 e. The Kier molecular flexibility index (Phi) is 3.77. The van der Waals surface area contributed by atoms with Gasteiger partial charge in [0.15, 0.2) is 11.4 Å². The Hall–Kier alpha value is -3.13. The van der Waals surface area contributed by atoms with Crippen LogP contribution in [0.4, 0.5) is 5.82 Å². The molecule has 0 aliphatic carbocycles. The summed E-state index contributed by atoms with van der Waals surface area (Å²) in [4.78, 5) is 4.31. The topological polar surface area (TPSA) is 94.3 Å². The lowest BCUT2D eigenvalue weighted by atomic mass is 10.1. The number of fused-ring (bicyclic) bond motifs is 2. The molecule has 0 aliphatic heterocycles. The van der Waals surface area contributed by atoms with Crippen LogP contribution in [0.5, 0.6) is 5.75 Å². The summed E-state index contributed by atoms with van der Waals surface area (Å²) in [6.07, 6.45) is 1.56. The molecule has 0 bridgehead atoms. The number of ether oxygens (including phenoxy) is 1. The molecule has 0 radical (unpaired) electrons. The first-order valence-corrected chi connectivity index (χ1v) is 9.28. The minimum absolute atomic E-state index is 0.0723. The minimum atomic E-state index is -3.94. The van der Waals surface area contributed by atoms with Crippen molar-refractivity contribution < 1.29 is 17.7 Å². The standard InChI is InChI=1S/C18H15N3O4S/c1-11-9-12-5-4-8-19-17(12)15(10-11)26(22,23)21-18-16-13(24-2)6-3-7-14(16)25-20-18/h3-10H,1-2H3,(H,20,21). The molecule has 0 saturated carbocycles. The number of benzene rings is 2. The molecule has 0 atom stereocenters. The Morgan fingerprint density at radius 2 is 2.00 bits per heavy atom. The van der Waals surface area contributed by atoms with Crippen LogP contribution in [0.3, 0.4) is 0 Å². The number of hydrogen-bond acceptors (Lipinski definition) is 6. The van der Waals surface area contributed by atoms with Gasteiger partial charge in [-0.15, -0.1) is 0 Å². The predicted octanol–water partition coefficient (Wildman–Crippen LogP) is 3.49. The molecule has 132 valence electrons. The highest BCUT2D eigenvalue weighted by atomic mass is 32.2. The van der Waals surface area contributed by atoms with E-state index in [1.54, 1.807) is 36.5 Å². The summed E-state index contributed by atoms with van der Waals surface area (Å²) in [5, 5.41) is 5.06. The summed E-state index contributed by atoms with van der Waals surface area (Å²) in [6, 6.07) is 12.2. The van der Waals surface area contributed by atoms with Crippen LogP contribution in [-0.4, -0.2) is 25.7 Å². The number of nitrogens with zero attached hydrogens (tertiary/aromatic N) is 2.